The Morgan fingerprint density at radius 3 is 1.42 bits per heavy atom. The molecule has 4 aliphatic heterocycles. The first-order chi connectivity index (χ1) is 31.4. The normalized spacial score (nSPS) is 17.8. The number of amides is 2. The number of nitrogens with zero attached hydrogens (tertiary/aromatic N) is 6. The van der Waals surface area contributed by atoms with Gasteiger partial charge in [-0.15, -0.1) is 12.4 Å². The minimum Gasteiger partial charge on any atom is -0.454 e. The van der Waals surface area contributed by atoms with E-state index in [9.17, 15) is 9.59 Å². The zero-order valence-corrected chi connectivity index (χ0v) is 38.1. The first-order valence-electron chi connectivity index (χ1n) is 21.8. The van der Waals surface area contributed by atoms with Crippen LogP contribution in [0, 0.1) is 0 Å². The maximum Gasteiger partial charge on any atom is 0.241 e. The summed E-state index contributed by atoms with van der Waals surface area (Å²) < 4.78 is 26.4. The predicted octanol–water partition coefficient (Wildman–Crippen LogP) is 7.06. The van der Waals surface area contributed by atoms with Gasteiger partial charge in [0.05, 0.1) is 60.0 Å². The molecule has 338 valence electrons. The van der Waals surface area contributed by atoms with E-state index >= 15 is 0 Å². The average Bonchev–Trinajstić information content (AvgIpc) is 4.17. The summed E-state index contributed by atoms with van der Waals surface area (Å²) >= 11 is 0. The Morgan fingerprint density at radius 2 is 0.985 bits per heavy atom. The van der Waals surface area contributed by atoms with Crippen LogP contribution in [0.4, 0.5) is 0 Å². The van der Waals surface area contributed by atoms with Crippen molar-refractivity contribution in [2.24, 2.45) is 11.5 Å². The Bertz CT molecular complexity index is 2450. The van der Waals surface area contributed by atoms with E-state index in [1.807, 2.05) is 92.0 Å². The number of nitrogens with two attached hydrogens (primary N) is 2. The van der Waals surface area contributed by atoms with Crippen LogP contribution in [0.25, 0.3) is 22.5 Å². The summed E-state index contributed by atoms with van der Waals surface area (Å²) in [6.07, 6.45) is 3.02. The highest BCUT2D eigenvalue weighted by Gasteiger charge is 2.37. The molecule has 6 heterocycles. The smallest absolute Gasteiger partial charge is 0.241 e. The summed E-state index contributed by atoms with van der Waals surface area (Å²) in [5.41, 5.74) is 21.2. The number of carbonyl (C=O) groups is 2. The van der Waals surface area contributed by atoms with Crippen LogP contribution in [0.3, 0.4) is 0 Å². The van der Waals surface area contributed by atoms with E-state index in [-0.39, 0.29) is 49.9 Å². The number of halogens is 1. The van der Waals surface area contributed by atoms with Crippen LogP contribution in [0.5, 0.6) is 23.0 Å². The fourth-order valence-electron chi connectivity index (χ4n) is 9.03. The molecule has 0 spiro atoms. The monoisotopic (exact) mass is 934 g/mol. The average molecular weight is 936 g/mol. The van der Waals surface area contributed by atoms with Crippen molar-refractivity contribution in [1.82, 2.24) is 29.4 Å². The van der Waals surface area contributed by atoms with Gasteiger partial charge in [0.2, 0.25) is 25.4 Å². The minimum absolute atomic E-state index is 0. The van der Waals surface area contributed by atoms with E-state index in [0.717, 1.165) is 71.1 Å². The fraction of sp³-hybridized carbons (Fsp3) is 0.333. The SMILES string of the molecule is Cl.N[C@@H](CSSC[C@H](N)C(=O)N1CCn2nc(-c3ccc4c(c3)OCO4)cc2C1CCc1ccccc1)C(=O)N1CCn2nc(-c3ccc4c(c3)OCO4)cc2C1CCc1ccccc1. The summed E-state index contributed by atoms with van der Waals surface area (Å²) in [5.74, 6) is 3.38. The zero-order chi connectivity index (χ0) is 43.6. The molecule has 14 nitrogen and oxygen atoms in total. The number of aromatic nitrogens is 4. The molecule has 2 amide bonds. The number of carbonyl (C=O) groups excluding carboxylic acids is 2. The summed E-state index contributed by atoms with van der Waals surface area (Å²) in [4.78, 5) is 32.3. The first kappa shape index (κ1) is 44.5. The van der Waals surface area contributed by atoms with Gasteiger partial charge in [0.25, 0.3) is 0 Å². The number of aryl methyl sites for hydroxylation is 2. The summed E-state index contributed by atoms with van der Waals surface area (Å²) in [7, 11) is 2.96. The molecule has 2 unspecified atom stereocenters. The molecule has 0 aliphatic carbocycles. The lowest BCUT2D eigenvalue weighted by atomic mass is 9.98. The molecular formula is C48H51ClN8O6S2. The molecule has 2 aromatic heterocycles. The lowest BCUT2D eigenvalue weighted by Gasteiger charge is -2.38. The molecule has 0 radical (unpaired) electrons. The fourth-order valence-corrected chi connectivity index (χ4v) is 11.3. The van der Waals surface area contributed by atoms with Crippen molar-refractivity contribution in [3.63, 3.8) is 0 Å². The third-order valence-corrected chi connectivity index (χ3v) is 14.9. The Balaban J connectivity index is 0.00000533. The second kappa shape index (κ2) is 19.8. The minimum atomic E-state index is -0.741. The molecule has 4 aromatic carbocycles. The van der Waals surface area contributed by atoms with Gasteiger partial charge >= 0.3 is 0 Å². The quantitative estimate of drug-likeness (QED) is 0.0797. The van der Waals surface area contributed by atoms with Crippen LogP contribution < -0.4 is 30.4 Å². The van der Waals surface area contributed by atoms with Crippen molar-refractivity contribution in [3.8, 4) is 45.5 Å². The third kappa shape index (κ3) is 9.54. The number of rotatable bonds is 15. The number of benzene rings is 4. The standard InChI is InChI=1S/C48H50N8O6S2.ClH/c49-35(47(57)53-19-21-55-41(39(53)15-11-31-7-3-1-4-8-31)25-37(51-55)33-13-17-43-45(23-33)61-29-59-43)27-63-64-28-36(50)48(58)54-20-22-56-42(40(54)16-12-32-9-5-2-6-10-32)26-38(52-56)34-14-18-44-46(24-34)62-30-60-44;/h1-10,13-14,17-18,23-26,35-36,39-40H,11-12,15-16,19-22,27-30,49-50H2;1H/t35-,36-,39?,40?;/m0./s1. The van der Waals surface area contributed by atoms with Crippen LogP contribution in [0.15, 0.2) is 109 Å². The van der Waals surface area contributed by atoms with Crippen molar-refractivity contribution in [2.75, 3.05) is 38.2 Å². The Morgan fingerprint density at radius 1 is 0.569 bits per heavy atom. The molecule has 4 aliphatic rings. The first-order valence-corrected chi connectivity index (χ1v) is 24.2. The van der Waals surface area contributed by atoms with Gasteiger partial charge in [0.15, 0.2) is 23.0 Å². The Labute approximate surface area is 391 Å². The van der Waals surface area contributed by atoms with Crippen molar-refractivity contribution >= 4 is 45.8 Å². The highest BCUT2D eigenvalue weighted by atomic mass is 35.5. The molecule has 0 bridgehead atoms. The molecule has 0 fully saturated rings. The van der Waals surface area contributed by atoms with E-state index in [1.54, 1.807) is 0 Å². The van der Waals surface area contributed by atoms with Gasteiger partial charge in [-0.25, -0.2) is 0 Å². The van der Waals surface area contributed by atoms with E-state index in [4.69, 9.17) is 40.6 Å². The molecule has 65 heavy (non-hydrogen) atoms. The number of hydrogen-bond donors (Lipinski definition) is 2. The van der Waals surface area contributed by atoms with Crippen LogP contribution in [-0.2, 0) is 35.5 Å². The summed E-state index contributed by atoms with van der Waals surface area (Å²) in [6, 6.07) is 34.6. The van der Waals surface area contributed by atoms with Crippen molar-refractivity contribution in [2.45, 2.75) is 62.9 Å². The number of ether oxygens (including phenoxy) is 4. The van der Waals surface area contributed by atoms with Crippen LogP contribution >= 0.6 is 34.0 Å². The Hall–Kier alpha value is -5.65. The molecular weight excluding hydrogens is 884 g/mol. The van der Waals surface area contributed by atoms with Crippen molar-refractivity contribution < 1.29 is 28.5 Å². The lowest BCUT2D eigenvalue weighted by Crippen LogP contribution is -2.50. The van der Waals surface area contributed by atoms with Gasteiger partial charge in [-0.2, -0.15) is 10.2 Å². The van der Waals surface area contributed by atoms with Gasteiger partial charge in [-0.05, 0) is 85.3 Å². The van der Waals surface area contributed by atoms with E-state index < -0.39 is 12.1 Å². The molecule has 6 aromatic rings. The molecule has 0 saturated heterocycles. The lowest BCUT2D eigenvalue weighted by molar-refractivity contribution is -0.136. The topological polar surface area (TPSA) is 165 Å². The van der Waals surface area contributed by atoms with Crippen LogP contribution in [0.2, 0.25) is 0 Å². The largest absolute Gasteiger partial charge is 0.454 e. The molecule has 17 heteroatoms. The summed E-state index contributed by atoms with van der Waals surface area (Å²) in [6.45, 7) is 2.51. The van der Waals surface area contributed by atoms with Crippen molar-refractivity contribution in [1.29, 1.82) is 0 Å². The maximum absolute atomic E-state index is 14.2. The summed E-state index contributed by atoms with van der Waals surface area (Å²) in [5, 5.41) is 9.94. The third-order valence-electron chi connectivity index (χ3n) is 12.4. The van der Waals surface area contributed by atoms with Crippen LogP contribution in [0.1, 0.15) is 47.4 Å². The highest BCUT2D eigenvalue weighted by molar-refractivity contribution is 8.76. The Kier molecular flexibility index (Phi) is 13.6. The van der Waals surface area contributed by atoms with Gasteiger partial charge in [-0.1, -0.05) is 82.3 Å². The van der Waals surface area contributed by atoms with E-state index in [0.29, 0.717) is 49.2 Å². The highest BCUT2D eigenvalue weighted by Crippen LogP contribution is 2.40. The second-order valence-corrected chi connectivity index (χ2v) is 19.0. The maximum atomic E-state index is 14.2. The van der Waals surface area contributed by atoms with Crippen molar-refractivity contribution in [3.05, 3.63) is 132 Å². The second-order valence-electron chi connectivity index (χ2n) is 16.4. The zero-order valence-electron chi connectivity index (χ0n) is 35.7. The molecule has 4 N–H and O–H groups in total. The molecule has 0 saturated carbocycles. The van der Waals surface area contributed by atoms with Gasteiger partial charge in [0.1, 0.15) is 0 Å². The van der Waals surface area contributed by atoms with E-state index in [2.05, 4.69) is 36.4 Å². The van der Waals surface area contributed by atoms with Gasteiger partial charge < -0.3 is 40.2 Å². The van der Waals surface area contributed by atoms with Crippen LogP contribution in [-0.4, -0.2) is 91.4 Å². The number of hydrogen-bond acceptors (Lipinski definition) is 12. The molecule has 4 atom stereocenters. The predicted molar refractivity (Wildman–Crippen MR) is 254 cm³/mol. The van der Waals surface area contributed by atoms with E-state index in [1.165, 1.54) is 32.7 Å². The van der Waals surface area contributed by atoms with Gasteiger partial charge in [0, 0.05) is 35.7 Å². The van der Waals surface area contributed by atoms with Gasteiger partial charge in [-0.3, -0.25) is 19.0 Å². The molecule has 10 rings (SSSR count). The number of fused-ring (bicyclic) bond motifs is 4.